The smallest absolute Gasteiger partial charge is 0.126 e. The molecule has 0 fully saturated rings. The predicted molar refractivity (Wildman–Crippen MR) is 87.0 cm³/mol. The van der Waals surface area contributed by atoms with Crippen LogP contribution in [0.25, 0.3) is 11.3 Å². The van der Waals surface area contributed by atoms with E-state index in [1.165, 1.54) is 5.56 Å². The van der Waals surface area contributed by atoms with E-state index in [4.69, 9.17) is 0 Å². The van der Waals surface area contributed by atoms with Gasteiger partial charge in [-0.1, -0.05) is 41.5 Å². The van der Waals surface area contributed by atoms with Gasteiger partial charge in [-0.2, -0.15) is 0 Å². The third-order valence-corrected chi connectivity index (χ3v) is 3.70. The summed E-state index contributed by atoms with van der Waals surface area (Å²) in [5.74, 6) is -0.154. The van der Waals surface area contributed by atoms with Crippen LogP contribution in [0.3, 0.4) is 0 Å². The molecule has 2 aromatic rings. The van der Waals surface area contributed by atoms with Crippen LogP contribution in [0.1, 0.15) is 52.7 Å². The first kappa shape index (κ1) is 15.7. The van der Waals surface area contributed by atoms with E-state index in [0.717, 1.165) is 16.8 Å². The summed E-state index contributed by atoms with van der Waals surface area (Å²) < 4.78 is 14.0. The van der Waals surface area contributed by atoms with Crippen molar-refractivity contribution in [3.8, 4) is 11.3 Å². The molecule has 21 heavy (non-hydrogen) atoms. The minimum atomic E-state index is -0.221. The van der Waals surface area contributed by atoms with Crippen molar-refractivity contribution in [1.82, 2.24) is 4.98 Å². The maximum Gasteiger partial charge on any atom is 0.126 e. The average molecular weight is 285 g/mol. The van der Waals surface area contributed by atoms with Crippen LogP contribution < -0.4 is 0 Å². The lowest BCUT2D eigenvalue weighted by molar-refractivity contribution is 0.523. The standard InChI is InChI=1S/C19H24FN/c1-18(2,3)14-9-10-21-17(12-14)13-7-8-16(20)15(11-13)19(4,5)6/h7-12H,1-6H3. The monoisotopic (exact) mass is 285 g/mol. The molecule has 1 aromatic carbocycles. The average Bonchev–Trinajstić information content (AvgIpc) is 2.37. The van der Waals surface area contributed by atoms with Gasteiger partial charge in [0.25, 0.3) is 0 Å². The van der Waals surface area contributed by atoms with Crippen molar-refractivity contribution in [3.63, 3.8) is 0 Å². The molecular formula is C19H24FN. The number of rotatable bonds is 1. The second kappa shape index (κ2) is 5.25. The SMILES string of the molecule is CC(C)(C)c1ccnc(-c2ccc(F)c(C(C)(C)C)c2)c1. The van der Waals surface area contributed by atoms with E-state index in [9.17, 15) is 4.39 Å². The minimum Gasteiger partial charge on any atom is -0.256 e. The third-order valence-electron chi connectivity index (χ3n) is 3.70. The highest BCUT2D eigenvalue weighted by Gasteiger charge is 2.20. The van der Waals surface area contributed by atoms with Gasteiger partial charge in [-0.15, -0.1) is 0 Å². The van der Waals surface area contributed by atoms with Crippen molar-refractivity contribution in [2.45, 2.75) is 52.4 Å². The Morgan fingerprint density at radius 3 is 2.10 bits per heavy atom. The normalized spacial score (nSPS) is 12.5. The Bertz CT molecular complexity index is 645. The van der Waals surface area contributed by atoms with Gasteiger partial charge in [0.05, 0.1) is 5.69 Å². The van der Waals surface area contributed by atoms with Crippen molar-refractivity contribution in [1.29, 1.82) is 0 Å². The van der Waals surface area contributed by atoms with Crippen LogP contribution in [0.2, 0.25) is 0 Å². The number of pyridine rings is 1. The third kappa shape index (κ3) is 3.49. The second-order valence-corrected chi connectivity index (χ2v) is 7.62. The molecule has 0 radical (unpaired) electrons. The number of nitrogens with zero attached hydrogens (tertiary/aromatic N) is 1. The molecule has 0 unspecified atom stereocenters. The molecule has 0 bridgehead atoms. The lowest BCUT2D eigenvalue weighted by atomic mass is 9.84. The second-order valence-electron chi connectivity index (χ2n) is 7.62. The molecule has 0 saturated carbocycles. The summed E-state index contributed by atoms with van der Waals surface area (Å²) >= 11 is 0. The number of halogens is 1. The highest BCUT2D eigenvalue weighted by molar-refractivity contribution is 5.61. The predicted octanol–water partition coefficient (Wildman–Crippen LogP) is 5.48. The fourth-order valence-electron chi connectivity index (χ4n) is 2.31. The highest BCUT2D eigenvalue weighted by atomic mass is 19.1. The Balaban J connectivity index is 2.53. The van der Waals surface area contributed by atoms with Gasteiger partial charge in [0.1, 0.15) is 5.82 Å². The summed E-state index contributed by atoms with van der Waals surface area (Å²) in [6.45, 7) is 12.6. The van der Waals surface area contributed by atoms with Crippen LogP contribution in [0.15, 0.2) is 36.5 Å². The molecule has 0 aliphatic carbocycles. The summed E-state index contributed by atoms with van der Waals surface area (Å²) in [6.07, 6.45) is 1.83. The quantitative estimate of drug-likeness (QED) is 0.676. The molecule has 0 amide bonds. The lowest BCUT2D eigenvalue weighted by Gasteiger charge is -2.22. The zero-order chi connectivity index (χ0) is 15.8. The molecular weight excluding hydrogens is 261 g/mol. The summed E-state index contributed by atoms with van der Waals surface area (Å²) in [7, 11) is 0. The summed E-state index contributed by atoms with van der Waals surface area (Å²) in [5.41, 5.74) is 3.67. The number of hydrogen-bond donors (Lipinski definition) is 0. The van der Waals surface area contributed by atoms with Gasteiger partial charge in [0.2, 0.25) is 0 Å². The van der Waals surface area contributed by atoms with E-state index in [1.54, 1.807) is 12.1 Å². The molecule has 0 spiro atoms. The molecule has 1 heterocycles. The molecule has 0 aliphatic heterocycles. The molecule has 2 heteroatoms. The first-order valence-corrected chi connectivity index (χ1v) is 7.36. The van der Waals surface area contributed by atoms with Crippen LogP contribution in [-0.2, 0) is 10.8 Å². The number of aromatic nitrogens is 1. The maximum absolute atomic E-state index is 14.0. The Labute approximate surface area is 127 Å². The van der Waals surface area contributed by atoms with Gasteiger partial charge in [-0.05, 0) is 52.3 Å². The topological polar surface area (TPSA) is 12.9 Å². The van der Waals surface area contributed by atoms with Gasteiger partial charge >= 0.3 is 0 Å². The van der Waals surface area contributed by atoms with Crippen molar-refractivity contribution in [3.05, 3.63) is 53.5 Å². The molecule has 1 aromatic heterocycles. The van der Waals surface area contributed by atoms with Gasteiger partial charge in [0.15, 0.2) is 0 Å². The minimum absolute atomic E-state index is 0.0740. The van der Waals surface area contributed by atoms with Crippen LogP contribution in [0.5, 0.6) is 0 Å². The molecule has 0 aliphatic rings. The van der Waals surface area contributed by atoms with E-state index in [2.05, 4.69) is 31.8 Å². The van der Waals surface area contributed by atoms with Crippen LogP contribution in [0.4, 0.5) is 4.39 Å². The van der Waals surface area contributed by atoms with E-state index < -0.39 is 0 Å². The zero-order valence-corrected chi connectivity index (χ0v) is 13.8. The lowest BCUT2D eigenvalue weighted by Crippen LogP contribution is -2.14. The molecule has 1 nitrogen and oxygen atoms in total. The van der Waals surface area contributed by atoms with Gasteiger partial charge < -0.3 is 0 Å². The summed E-state index contributed by atoms with van der Waals surface area (Å²) in [5, 5.41) is 0. The molecule has 2 rings (SSSR count). The number of benzene rings is 1. The Morgan fingerprint density at radius 1 is 0.857 bits per heavy atom. The van der Waals surface area contributed by atoms with Crippen molar-refractivity contribution in [2.24, 2.45) is 0 Å². The Morgan fingerprint density at radius 2 is 1.52 bits per heavy atom. The van der Waals surface area contributed by atoms with Crippen LogP contribution >= 0.6 is 0 Å². The van der Waals surface area contributed by atoms with E-state index in [-0.39, 0.29) is 16.6 Å². The fraction of sp³-hybridized carbons (Fsp3) is 0.421. The molecule has 0 saturated heterocycles. The van der Waals surface area contributed by atoms with E-state index in [1.807, 2.05) is 39.1 Å². The van der Waals surface area contributed by atoms with Gasteiger partial charge in [0, 0.05) is 11.8 Å². The van der Waals surface area contributed by atoms with Crippen molar-refractivity contribution in [2.75, 3.05) is 0 Å². The molecule has 0 atom stereocenters. The highest BCUT2D eigenvalue weighted by Crippen LogP contribution is 2.31. The maximum atomic E-state index is 14.0. The first-order valence-electron chi connectivity index (χ1n) is 7.36. The summed E-state index contributed by atoms with van der Waals surface area (Å²) in [4.78, 5) is 4.45. The van der Waals surface area contributed by atoms with Gasteiger partial charge in [-0.25, -0.2) is 4.39 Å². The van der Waals surface area contributed by atoms with Crippen molar-refractivity contribution < 1.29 is 4.39 Å². The number of hydrogen-bond acceptors (Lipinski definition) is 1. The zero-order valence-electron chi connectivity index (χ0n) is 13.8. The van der Waals surface area contributed by atoms with Gasteiger partial charge in [-0.3, -0.25) is 4.98 Å². The van der Waals surface area contributed by atoms with E-state index in [0.29, 0.717) is 0 Å². The fourth-order valence-corrected chi connectivity index (χ4v) is 2.31. The van der Waals surface area contributed by atoms with Crippen molar-refractivity contribution >= 4 is 0 Å². The largest absolute Gasteiger partial charge is 0.256 e. The van der Waals surface area contributed by atoms with E-state index >= 15 is 0 Å². The molecule has 0 N–H and O–H groups in total. The first-order chi connectivity index (χ1) is 9.59. The molecule has 112 valence electrons. The van der Waals surface area contributed by atoms with Crippen LogP contribution in [-0.4, -0.2) is 4.98 Å². The Kier molecular flexibility index (Phi) is 3.92. The summed E-state index contributed by atoms with van der Waals surface area (Å²) in [6, 6.07) is 9.40. The van der Waals surface area contributed by atoms with Crippen LogP contribution in [0, 0.1) is 5.82 Å². The Hall–Kier alpha value is -1.70.